The van der Waals surface area contributed by atoms with Crippen LogP contribution in [0.5, 0.6) is 17.2 Å². The van der Waals surface area contributed by atoms with E-state index in [1.165, 1.54) is 19.3 Å². The van der Waals surface area contributed by atoms with Crippen LogP contribution >= 0.6 is 0 Å². The quantitative estimate of drug-likeness (QED) is 0.220. The zero-order valence-electron chi connectivity index (χ0n) is 24.7. The van der Waals surface area contributed by atoms with Crippen molar-refractivity contribution >= 4 is 22.8 Å². The number of hydrogen-bond donors (Lipinski definition) is 0. The molecule has 1 heterocycles. The highest BCUT2D eigenvalue weighted by Crippen LogP contribution is 2.48. The lowest BCUT2D eigenvalue weighted by atomic mass is 9.82. The number of esters is 1. The number of hydrogen-bond acceptors (Lipinski definition) is 5. The maximum absolute atomic E-state index is 14.0. The topological polar surface area (TPSA) is 54.0 Å². The van der Waals surface area contributed by atoms with Crippen LogP contribution in [0.2, 0.25) is 0 Å². The lowest BCUT2D eigenvalue weighted by Crippen LogP contribution is -2.35. The molecule has 0 atom stereocenters. The molecule has 4 aromatic rings. The van der Waals surface area contributed by atoms with Crippen molar-refractivity contribution < 1.29 is 23.7 Å². The molecule has 0 bridgehead atoms. The summed E-state index contributed by atoms with van der Waals surface area (Å²) in [4.78, 5) is 14.0. The predicted octanol–water partition coefficient (Wildman–Crippen LogP) is 8.78. The van der Waals surface area contributed by atoms with E-state index in [0.717, 1.165) is 70.2 Å². The highest BCUT2D eigenvalue weighted by atomic mass is 16.5. The molecule has 0 spiro atoms. The molecule has 0 aromatic heterocycles. The third kappa shape index (κ3) is 5.13. The first kappa shape index (κ1) is 27.9. The molecule has 0 saturated heterocycles. The molecule has 5 heteroatoms. The first-order chi connectivity index (χ1) is 20.5. The summed E-state index contributed by atoms with van der Waals surface area (Å²) in [5.41, 5.74) is 3.21. The van der Waals surface area contributed by atoms with Crippen molar-refractivity contribution in [1.82, 2.24) is 0 Å². The molecule has 0 unspecified atom stereocenters. The standard InChI is InChI=1S/C37H38O5/c1-25-31-13-9-10-14-32(31)35-33(34(25)36(38)41-30-11-7-5-4-6-8-12-30)23-24-37(42-35,26-15-19-28(39-2)20-16-26)27-17-21-29(40-3)22-18-27/h9-10,13-24,30H,4-8,11-12H2,1-3H3. The van der Waals surface area contributed by atoms with Crippen LogP contribution in [-0.4, -0.2) is 26.3 Å². The summed E-state index contributed by atoms with van der Waals surface area (Å²) in [5, 5.41) is 1.94. The number of benzene rings is 4. The van der Waals surface area contributed by atoms with E-state index < -0.39 is 5.60 Å². The van der Waals surface area contributed by atoms with Gasteiger partial charge in [0, 0.05) is 22.1 Å². The summed E-state index contributed by atoms with van der Waals surface area (Å²) < 4.78 is 24.3. The molecule has 4 aromatic carbocycles. The highest BCUT2D eigenvalue weighted by Gasteiger charge is 2.39. The number of fused-ring (bicyclic) bond motifs is 3. The van der Waals surface area contributed by atoms with Gasteiger partial charge in [-0.05, 0) is 80.0 Å². The summed E-state index contributed by atoms with van der Waals surface area (Å²) in [5.74, 6) is 1.94. The van der Waals surface area contributed by atoms with Crippen molar-refractivity contribution in [2.24, 2.45) is 0 Å². The van der Waals surface area contributed by atoms with E-state index in [4.69, 9.17) is 18.9 Å². The Morgan fingerprint density at radius 3 is 1.88 bits per heavy atom. The van der Waals surface area contributed by atoms with E-state index in [0.29, 0.717) is 11.3 Å². The average molecular weight is 563 g/mol. The molecule has 216 valence electrons. The molecule has 2 aliphatic rings. The predicted molar refractivity (Wildman–Crippen MR) is 167 cm³/mol. The van der Waals surface area contributed by atoms with E-state index in [1.54, 1.807) is 14.2 Å². The van der Waals surface area contributed by atoms with E-state index in [-0.39, 0.29) is 12.1 Å². The van der Waals surface area contributed by atoms with Crippen LogP contribution in [0.25, 0.3) is 16.8 Å². The molecule has 0 radical (unpaired) electrons. The van der Waals surface area contributed by atoms with Gasteiger partial charge in [-0.1, -0.05) is 67.8 Å². The lowest BCUT2D eigenvalue weighted by molar-refractivity contribution is 0.0237. The summed E-state index contributed by atoms with van der Waals surface area (Å²) >= 11 is 0. The monoisotopic (exact) mass is 562 g/mol. The third-order valence-electron chi connectivity index (χ3n) is 8.78. The molecule has 1 saturated carbocycles. The number of aryl methyl sites for hydroxylation is 1. The number of carbonyl (C=O) groups is 1. The lowest BCUT2D eigenvalue weighted by Gasteiger charge is -2.37. The van der Waals surface area contributed by atoms with E-state index >= 15 is 0 Å². The zero-order valence-corrected chi connectivity index (χ0v) is 24.7. The molecule has 0 N–H and O–H groups in total. The van der Waals surface area contributed by atoms with Gasteiger partial charge in [-0.3, -0.25) is 0 Å². The first-order valence-electron chi connectivity index (χ1n) is 15.0. The molecule has 42 heavy (non-hydrogen) atoms. The second-order valence-electron chi connectivity index (χ2n) is 11.3. The Morgan fingerprint density at radius 1 is 0.762 bits per heavy atom. The fraction of sp³-hybridized carbons (Fsp3) is 0.324. The maximum atomic E-state index is 14.0. The average Bonchev–Trinajstić information content (AvgIpc) is 3.02. The Bertz CT molecular complexity index is 1550. The second kappa shape index (κ2) is 11.9. The molecule has 5 nitrogen and oxygen atoms in total. The van der Waals surface area contributed by atoms with Crippen molar-refractivity contribution in [2.45, 2.75) is 63.6 Å². The Balaban J connectivity index is 1.50. The van der Waals surface area contributed by atoms with Gasteiger partial charge in [0.1, 0.15) is 23.4 Å². The van der Waals surface area contributed by atoms with Gasteiger partial charge in [0.25, 0.3) is 0 Å². The van der Waals surface area contributed by atoms with Crippen molar-refractivity contribution in [3.63, 3.8) is 0 Å². The molecule has 6 rings (SSSR count). The Morgan fingerprint density at radius 2 is 1.31 bits per heavy atom. The number of methoxy groups -OCH3 is 2. The molecular weight excluding hydrogens is 524 g/mol. The second-order valence-corrected chi connectivity index (χ2v) is 11.3. The summed E-state index contributed by atoms with van der Waals surface area (Å²) in [6.45, 7) is 2.01. The summed E-state index contributed by atoms with van der Waals surface area (Å²) in [6, 6.07) is 24.0. The van der Waals surface area contributed by atoms with Crippen LogP contribution in [0.15, 0.2) is 78.9 Å². The highest BCUT2D eigenvalue weighted by molar-refractivity contribution is 6.06. The van der Waals surface area contributed by atoms with Crippen molar-refractivity contribution in [1.29, 1.82) is 0 Å². The zero-order chi connectivity index (χ0) is 29.1. The number of carbonyl (C=O) groups excluding carboxylic acids is 1. The van der Waals surface area contributed by atoms with Crippen molar-refractivity contribution in [2.75, 3.05) is 14.2 Å². The maximum Gasteiger partial charge on any atom is 0.339 e. The largest absolute Gasteiger partial charge is 0.497 e. The van der Waals surface area contributed by atoms with Crippen molar-refractivity contribution in [3.05, 3.63) is 107 Å². The van der Waals surface area contributed by atoms with Gasteiger partial charge < -0.3 is 18.9 Å². The van der Waals surface area contributed by atoms with Crippen LogP contribution in [-0.2, 0) is 10.3 Å². The SMILES string of the molecule is COc1ccc(C2(c3ccc(OC)cc3)C=Cc3c(C(=O)OC4CCCCCCC4)c(C)c4ccccc4c3O2)cc1. The van der Waals surface area contributed by atoms with Crippen LogP contribution in [0.1, 0.15) is 77.6 Å². The van der Waals surface area contributed by atoms with E-state index in [2.05, 4.69) is 18.2 Å². The molecular formula is C37H38O5. The van der Waals surface area contributed by atoms with Crippen LogP contribution in [0, 0.1) is 6.92 Å². The summed E-state index contributed by atoms with van der Waals surface area (Å²) in [7, 11) is 3.32. The fourth-order valence-electron chi connectivity index (χ4n) is 6.43. The van der Waals surface area contributed by atoms with Gasteiger partial charge in [0.15, 0.2) is 5.60 Å². The molecule has 0 amide bonds. The van der Waals surface area contributed by atoms with Crippen LogP contribution in [0.3, 0.4) is 0 Å². The molecule has 1 aliphatic heterocycles. The third-order valence-corrected chi connectivity index (χ3v) is 8.78. The Kier molecular flexibility index (Phi) is 7.92. The minimum atomic E-state index is -0.940. The molecule has 1 aliphatic carbocycles. The first-order valence-corrected chi connectivity index (χ1v) is 15.0. The Hall–Kier alpha value is -4.25. The van der Waals surface area contributed by atoms with Gasteiger partial charge in [-0.2, -0.15) is 0 Å². The molecule has 1 fully saturated rings. The van der Waals surface area contributed by atoms with Gasteiger partial charge >= 0.3 is 5.97 Å². The van der Waals surface area contributed by atoms with Gasteiger partial charge in [-0.25, -0.2) is 4.79 Å². The number of ether oxygens (including phenoxy) is 4. The normalized spacial score (nSPS) is 16.5. The minimum absolute atomic E-state index is 0.0505. The van der Waals surface area contributed by atoms with Gasteiger partial charge in [0.2, 0.25) is 0 Å². The fourth-order valence-corrected chi connectivity index (χ4v) is 6.43. The smallest absolute Gasteiger partial charge is 0.339 e. The van der Waals surface area contributed by atoms with E-state index in [9.17, 15) is 4.79 Å². The number of rotatable bonds is 6. The minimum Gasteiger partial charge on any atom is -0.497 e. The van der Waals surface area contributed by atoms with Gasteiger partial charge in [0.05, 0.1) is 19.8 Å². The summed E-state index contributed by atoms with van der Waals surface area (Å²) in [6.07, 6.45) is 11.8. The Labute approximate surface area is 248 Å². The van der Waals surface area contributed by atoms with Crippen molar-refractivity contribution in [3.8, 4) is 17.2 Å². The van der Waals surface area contributed by atoms with E-state index in [1.807, 2.05) is 73.7 Å². The van der Waals surface area contributed by atoms with Gasteiger partial charge in [-0.15, -0.1) is 0 Å². The van der Waals surface area contributed by atoms with Crippen LogP contribution < -0.4 is 14.2 Å². The van der Waals surface area contributed by atoms with Crippen LogP contribution in [0.4, 0.5) is 0 Å².